The van der Waals surface area contributed by atoms with Gasteiger partial charge in [0.05, 0.1) is 6.33 Å². The first-order valence-electron chi connectivity index (χ1n) is 10.9. The molecule has 1 spiro atoms. The molecule has 3 unspecified atom stereocenters. The van der Waals surface area contributed by atoms with Crippen molar-refractivity contribution in [3.05, 3.63) is 24.8 Å². The van der Waals surface area contributed by atoms with E-state index in [1.165, 1.54) is 50.6 Å². The molecule has 6 rings (SSSR count). The molecule has 4 fully saturated rings. The molecule has 1 heterocycles. The molecule has 140 valence electrons. The van der Waals surface area contributed by atoms with Gasteiger partial charge >= 0.3 is 0 Å². The van der Waals surface area contributed by atoms with Crippen LogP contribution in [0.2, 0.25) is 0 Å². The average Bonchev–Trinajstić information content (AvgIpc) is 2.95. The van der Waals surface area contributed by atoms with Crippen molar-refractivity contribution in [3.8, 4) is 0 Å². The van der Waals surface area contributed by atoms with Gasteiger partial charge in [-0.15, -0.1) is 0 Å². The fraction of sp³-hybridized carbons (Fsp3) is 0.783. The minimum absolute atomic E-state index is 0.336. The third-order valence-corrected chi connectivity index (χ3v) is 10.3. The zero-order valence-electron chi connectivity index (χ0n) is 16.5. The molecule has 0 saturated heterocycles. The van der Waals surface area contributed by atoms with Crippen LogP contribution in [-0.4, -0.2) is 22.6 Å². The SMILES string of the molecule is CNC1C[C@H]2[C@@H]3CC=C(n4ccnc4)[C@@]3(C)CC[C@@H]2[C@@]2(C)CCC3CC312. The molecule has 26 heavy (non-hydrogen) atoms. The van der Waals surface area contributed by atoms with Crippen molar-refractivity contribution in [1.29, 1.82) is 0 Å². The molecule has 3 nitrogen and oxygen atoms in total. The number of imidazole rings is 1. The van der Waals surface area contributed by atoms with E-state index in [1.807, 2.05) is 12.5 Å². The van der Waals surface area contributed by atoms with Gasteiger partial charge in [0, 0.05) is 29.5 Å². The number of nitrogens with zero attached hydrogens (tertiary/aromatic N) is 2. The minimum atomic E-state index is 0.336. The summed E-state index contributed by atoms with van der Waals surface area (Å²) in [7, 11) is 2.24. The van der Waals surface area contributed by atoms with Crippen molar-refractivity contribution in [1.82, 2.24) is 14.9 Å². The van der Waals surface area contributed by atoms with Crippen molar-refractivity contribution in [2.75, 3.05) is 7.05 Å². The fourth-order valence-corrected chi connectivity index (χ4v) is 9.08. The van der Waals surface area contributed by atoms with E-state index in [-0.39, 0.29) is 0 Å². The summed E-state index contributed by atoms with van der Waals surface area (Å²) in [4.78, 5) is 4.32. The summed E-state index contributed by atoms with van der Waals surface area (Å²) in [5, 5.41) is 3.81. The van der Waals surface area contributed by atoms with Gasteiger partial charge < -0.3 is 9.88 Å². The highest BCUT2D eigenvalue weighted by Gasteiger charge is 2.76. The molecule has 0 radical (unpaired) electrons. The van der Waals surface area contributed by atoms with Crippen LogP contribution in [0.15, 0.2) is 24.8 Å². The number of hydrogen-bond donors (Lipinski definition) is 1. The van der Waals surface area contributed by atoms with E-state index in [0.29, 0.717) is 16.2 Å². The molecule has 0 aliphatic heterocycles. The van der Waals surface area contributed by atoms with E-state index < -0.39 is 0 Å². The van der Waals surface area contributed by atoms with Gasteiger partial charge in [-0.05, 0) is 86.5 Å². The molecule has 5 aliphatic rings. The largest absolute Gasteiger partial charge is 0.316 e. The number of nitrogens with one attached hydrogen (secondary N) is 1. The Morgan fingerprint density at radius 2 is 2.08 bits per heavy atom. The smallest absolute Gasteiger partial charge is 0.0989 e. The number of fused-ring (bicyclic) bond motifs is 4. The van der Waals surface area contributed by atoms with Crippen molar-refractivity contribution in [3.63, 3.8) is 0 Å². The Morgan fingerprint density at radius 3 is 2.81 bits per heavy atom. The summed E-state index contributed by atoms with van der Waals surface area (Å²) in [6.07, 6.45) is 18.6. The first-order valence-corrected chi connectivity index (χ1v) is 10.9. The lowest BCUT2D eigenvalue weighted by molar-refractivity contribution is -0.0975. The predicted octanol–water partition coefficient (Wildman–Crippen LogP) is 4.57. The quantitative estimate of drug-likeness (QED) is 0.845. The van der Waals surface area contributed by atoms with E-state index in [0.717, 1.165) is 29.7 Å². The van der Waals surface area contributed by atoms with E-state index in [9.17, 15) is 0 Å². The lowest BCUT2D eigenvalue weighted by Crippen LogP contribution is -2.59. The van der Waals surface area contributed by atoms with Crippen LogP contribution >= 0.6 is 0 Å². The van der Waals surface area contributed by atoms with Gasteiger partial charge in [0.1, 0.15) is 0 Å². The lowest BCUT2D eigenvalue weighted by atomic mass is 9.45. The number of rotatable bonds is 2. The Balaban J connectivity index is 1.38. The molecule has 0 bridgehead atoms. The Bertz CT molecular complexity index is 766. The molecule has 0 amide bonds. The second kappa shape index (κ2) is 4.84. The first-order chi connectivity index (χ1) is 12.5. The molecule has 8 atom stereocenters. The van der Waals surface area contributed by atoms with Crippen LogP contribution in [-0.2, 0) is 0 Å². The van der Waals surface area contributed by atoms with Crippen LogP contribution in [0.25, 0.3) is 5.70 Å². The third kappa shape index (κ3) is 1.60. The highest BCUT2D eigenvalue weighted by molar-refractivity contribution is 5.56. The molecule has 3 heteroatoms. The first kappa shape index (κ1) is 15.9. The zero-order chi connectivity index (χ0) is 17.7. The zero-order valence-corrected chi connectivity index (χ0v) is 16.5. The van der Waals surface area contributed by atoms with Gasteiger partial charge in [-0.2, -0.15) is 0 Å². The Labute approximate surface area is 157 Å². The predicted molar refractivity (Wildman–Crippen MR) is 104 cm³/mol. The maximum atomic E-state index is 4.32. The number of aromatic nitrogens is 2. The van der Waals surface area contributed by atoms with Gasteiger partial charge in [-0.1, -0.05) is 19.9 Å². The Hall–Kier alpha value is -1.09. The molecular formula is C23H33N3. The summed E-state index contributed by atoms with van der Waals surface area (Å²) in [6.45, 7) is 5.26. The van der Waals surface area contributed by atoms with E-state index >= 15 is 0 Å². The van der Waals surface area contributed by atoms with Crippen LogP contribution < -0.4 is 5.32 Å². The molecule has 1 N–H and O–H groups in total. The maximum Gasteiger partial charge on any atom is 0.0989 e. The van der Waals surface area contributed by atoms with Crippen molar-refractivity contribution in [2.24, 2.45) is 39.9 Å². The average molecular weight is 352 g/mol. The van der Waals surface area contributed by atoms with Crippen molar-refractivity contribution in [2.45, 2.75) is 64.8 Å². The summed E-state index contributed by atoms with van der Waals surface area (Å²) < 4.78 is 2.30. The van der Waals surface area contributed by atoms with Crippen LogP contribution in [0.1, 0.15) is 58.8 Å². The van der Waals surface area contributed by atoms with Crippen molar-refractivity contribution >= 4 is 5.70 Å². The Kier molecular flexibility index (Phi) is 2.96. The van der Waals surface area contributed by atoms with Crippen LogP contribution in [0, 0.1) is 39.9 Å². The second-order valence-electron chi connectivity index (χ2n) is 10.6. The minimum Gasteiger partial charge on any atom is -0.316 e. The van der Waals surface area contributed by atoms with Crippen LogP contribution in [0.5, 0.6) is 0 Å². The van der Waals surface area contributed by atoms with E-state index in [1.54, 1.807) is 0 Å². The second-order valence-corrected chi connectivity index (χ2v) is 10.6. The van der Waals surface area contributed by atoms with Crippen LogP contribution in [0.3, 0.4) is 0 Å². The monoisotopic (exact) mass is 351 g/mol. The lowest BCUT2D eigenvalue weighted by Gasteiger charge is -2.60. The van der Waals surface area contributed by atoms with E-state index in [4.69, 9.17) is 0 Å². The van der Waals surface area contributed by atoms with Gasteiger partial charge in [0.15, 0.2) is 0 Å². The number of allylic oxidation sites excluding steroid dienone is 2. The molecule has 1 aromatic rings. The van der Waals surface area contributed by atoms with Gasteiger partial charge in [-0.3, -0.25) is 0 Å². The molecule has 5 aliphatic carbocycles. The third-order valence-electron chi connectivity index (χ3n) is 10.3. The molecule has 0 aromatic carbocycles. The summed E-state index contributed by atoms with van der Waals surface area (Å²) in [5.74, 6) is 3.69. The normalized spacial score (nSPS) is 54.1. The maximum absolute atomic E-state index is 4.32. The topological polar surface area (TPSA) is 29.9 Å². The fourth-order valence-electron chi connectivity index (χ4n) is 9.08. The van der Waals surface area contributed by atoms with Crippen LogP contribution in [0.4, 0.5) is 0 Å². The summed E-state index contributed by atoms with van der Waals surface area (Å²) in [6, 6.07) is 0.751. The molecular weight excluding hydrogens is 318 g/mol. The summed E-state index contributed by atoms with van der Waals surface area (Å²) in [5.41, 5.74) is 3.10. The summed E-state index contributed by atoms with van der Waals surface area (Å²) >= 11 is 0. The van der Waals surface area contributed by atoms with E-state index in [2.05, 4.69) is 48.0 Å². The highest BCUT2D eigenvalue weighted by Crippen LogP contribution is 2.81. The molecule has 1 aromatic heterocycles. The number of hydrogen-bond acceptors (Lipinski definition) is 2. The Morgan fingerprint density at radius 1 is 1.19 bits per heavy atom. The van der Waals surface area contributed by atoms with Gasteiger partial charge in [0.25, 0.3) is 0 Å². The standard InChI is InChI=1S/C23H33N3/c1-21-8-7-18-16(17(21)4-5-20(21)26-11-10-25-14-26)12-19(24-3)23-13-15(23)6-9-22(18,23)2/h5,10-11,14-19,24H,4,6-9,12-13H2,1-3H3/t15?,16-,17-,18-,19?,21-,22+,23?/m0/s1. The highest BCUT2D eigenvalue weighted by atomic mass is 15.1. The molecule has 4 saturated carbocycles. The van der Waals surface area contributed by atoms with Crippen molar-refractivity contribution < 1.29 is 0 Å². The van der Waals surface area contributed by atoms with Gasteiger partial charge in [-0.25, -0.2) is 4.98 Å². The van der Waals surface area contributed by atoms with Gasteiger partial charge in [0.2, 0.25) is 0 Å².